The van der Waals surface area contributed by atoms with Crippen molar-refractivity contribution in [1.29, 1.82) is 0 Å². The number of alkyl halides is 3. The van der Waals surface area contributed by atoms with Crippen LogP contribution in [0.1, 0.15) is 23.7 Å². The van der Waals surface area contributed by atoms with Crippen LogP contribution in [0, 0.1) is 6.92 Å². The van der Waals surface area contributed by atoms with Crippen LogP contribution in [0.4, 0.5) is 13.2 Å². The van der Waals surface area contributed by atoms with Crippen LogP contribution in [0.25, 0.3) is 11.8 Å². The largest absolute Gasteiger partial charge is 0.431 e. The van der Waals surface area contributed by atoms with Crippen molar-refractivity contribution in [2.24, 2.45) is 7.05 Å². The fourth-order valence-electron chi connectivity index (χ4n) is 2.55. The van der Waals surface area contributed by atoms with Crippen molar-refractivity contribution in [2.45, 2.75) is 20.0 Å². The Morgan fingerprint density at radius 3 is 2.29 bits per heavy atom. The number of rotatable bonds is 3. The minimum Gasteiger partial charge on any atom is -0.292 e. The van der Waals surface area contributed by atoms with Gasteiger partial charge in [0.05, 0.1) is 5.69 Å². The molecule has 1 aromatic carbocycles. The van der Waals surface area contributed by atoms with Gasteiger partial charge in [0.25, 0.3) is 5.56 Å². The van der Waals surface area contributed by atoms with Gasteiger partial charge < -0.3 is 0 Å². The molecule has 0 spiro atoms. The summed E-state index contributed by atoms with van der Waals surface area (Å²) in [6.07, 6.45) is 1.17. The molecule has 0 saturated heterocycles. The second kappa shape index (κ2) is 7.45. The SMILES string of the molecule is C=P(C)(C)/C(C)=C/c1cc(-n2c(=O)cc(C(F)(F)F)n(C)c2=O)c(C)cc1Cl. The Balaban J connectivity index is 2.83. The first-order chi connectivity index (χ1) is 12.6. The average Bonchev–Trinajstić information content (AvgIpc) is 2.52. The average molecular weight is 433 g/mol. The monoisotopic (exact) mass is 432 g/mol. The number of nitrogens with zero attached hydrogens (tertiary/aromatic N) is 2. The van der Waals surface area contributed by atoms with E-state index in [2.05, 4.69) is 6.30 Å². The number of aromatic nitrogens is 2. The summed E-state index contributed by atoms with van der Waals surface area (Å²) in [5, 5.41) is 1.42. The predicted octanol–water partition coefficient (Wildman–Crippen LogP) is 4.59. The molecule has 0 aliphatic heterocycles. The topological polar surface area (TPSA) is 44.0 Å². The van der Waals surface area contributed by atoms with E-state index in [9.17, 15) is 22.8 Å². The van der Waals surface area contributed by atoms with E-state index in [0.717, 1.165) is 16.9 Å². The molecule has 0 saturated carbocycles. The molecule has 0 bridgehead atoms. The molecule has 0 radical (unpaired) electrons. The number of halogens is 4. The minimum absolute atomic E-state index is 0.183. The van der Waals surface area contributed by atoms with E-state index in [0.29, 0.717) is 26.8 Å². The summed E-state index contributed by atoms with van der Waals surface area (Å²) in [7, 11) is 0.979. The molecular weight excluding hydrogens is 412 g/mol. The van der Waals surface area contributed by atoms with Crippen LogP contribution in [0.15, 0.2) is 33.1 Å². The van der Waals surface area contributed by atoms with Gasteiger partial charge in [0.1, 0.15) is 5.69 Å². The van der Waals surface area contributed by atoms with Crippen LogP contribution < -0.4 is 11.2 Å². The molecule has 0 aliphatic carbocycles. The van der Waals surface area contributed by atoms with Crippen LogP contribution in [-0.4, -0.2) is 28.8 Å². The summed E-state index contributed by atoms with van der Waals surface area (Å²) in [6, 6.07) is 3.53. The molecule has 0 unspecified atom stereocenters. The Morgan fingerprint density at radius 2 is 1.79 bits per heavy atom. The van der Waals surface area contributed by atoms with E-state index in [1.165, 1.54) is 6.07 Å². The summed E-state index contributed by atoms with van der Waals surface area (Å²) in [6.45, 7) is 6.05. The Kier molecular flexibility index (Phi) is 5.94. The lowest BCUT2D eigenvalue weighted by molar-refractivity contribution is -0.144. The maximum absolute atomic E-state index is 13.1. The normalized spacial score (nSPS) is 13.1. The Morgan fingerprint density at radius 1 is 1.21 bits per heavy atom. The molecule has 0 N–H and O–H groups in total. The van der Waals surface area contributed by atoms with Gasteiger partial charge in [-0.15, -0.1) is 0 Å². The van der Waals surface area contributed by atoms with E-state index in [1.807, 2.05) is 26.3 Å². The highest BCUT2D eigenvalue weighted by Crippen LogP contribution is 2.46. The fourth-order valence-corrected chi connectivity index (χ4v) is 3.31. The summed E-state index contributed by atoms with van der Waals surface area (Å²) in [4.78, 5) is 24.9. The summed E-state index contributed by atoms with van der Waals surface area (Å²) in [5.74, 6) is 0. The molecule has 28 heavy (non-hydrogen) atoms. The van der Waals surface area contributed by atoms with Crippen LogP contribution >= 0.6 is 18.5 Å². The third-order valence-electron chi connectivity index (χ3n) is 4.49. The van der Waals surface area contributed by atoms with E-state index < -0.39 is 30.0 Å². The Labute approximate surface area is 165 Å². The van der Waals surface area contributed by atoms with Gasteiger partial charge in [-0.25, -0.2) is 9.36 Å². The van der Waals surface area contributed by atoms with E-state index in [-0.39, 0.29) is 5.69 Å². The van der Waals surface area contributed by atoms with Crippen molar-refractivity contribution < 1.29 is 13.2 Å². The number of benzene rings is 1. The molecule has 152 valence electrons. The van der Waals surface area contributed by atoms with E-state index >= 15 is 0 Å². The van der Waals surface area contributed by atoms with Gasteiger partial charge >= 0.3 is 11.9 Å². The van der Waals surface area contributed by atoms with Gasteiger partial charge in [-0.3, -0.25) is 9.36 Å². The van der Waals surface area contributed by atoms with Crippen molar-refractivity contribution in [3.63, 3.8) is 0 Å². The molecule has 9 heteroatoms. The molecule has 1 aromatic heterocycles. The summed E-state index contributed by atoms with van der Waals surface area (Å²) < 4.78 is 40.3. The summed E-state index contributed by atoms with van der Waals surface area (Å²) in [5.41, 5.74) is -2.21. The van der Waals surface area contributed by atoms with Gasteiger partial charge in [-0.2, -0.15) is 13.2 Å². The standard InChI is InChI=1S/C19H21ClF3N2O2P/c1-11-7-14(20)13(8-12(2)28(4,5)6)9-15(11)25-17(26)10-16(19(21,22)23)24(3)18(25)27/h7-10H,4H2,1-3,5-6H3/b12-8+. The zero-order valence-corrected chi connectivity index (χ0v) is 17.8. The fraction of sp³-hybridized carbons (Fsp3) is 0.316. The first-order valence-electron chi connectivity index (χ1n) is 8.22. The van der Waals surface area contributed by atoms with Gasteiger partial charge in [0, 0.05) is 18.1 Å². The van der Waals surface area contributed by atoms with Crippen LogP contribution in [0.3, 0.4) is 0 Å². The van der Waals surface area contributed by atoms with E-state index in [1.54, 1.807) is 13.0 Å². The Bertz CT molecular complexity index is 1140. The maximum atomic E-state index is 13.1. The first kappa shape index (κ1) is 22.3. The van der Waals surface area contributed by atoms with E-state index in [4.69, 9.17) is 11.6 Å². The van der Waals surface area contributed by atoms with Crippen molar-refractivity contribution in [2.75, 3.05) is 13.3 Å². The van der Waals surface area contributed by atoms with Gasteiger partial charge in [-0.05, 0) is 55.8 Å². The quantitative estimate of drug-likeness (QED) is 0.666. The van der Waals surface area contributed by atoms with Crippen molar-refractivity contribution in [1.82, 2.24) is 9.13 Å². The number of hydrogen-bond acceptors (Lipinski definition) is 2. The second-order valence-corrected chi connectivity index (χ2v) is 11.7. The molecule has 0 amide bonds. The smallest absolute Gasteiger partial charge is 0.292 e. The van der Waals surface area contributed by atoms with Crippen molar-refractivity contribution in [3.8, 4) is 5.69 Å². The zero-order valence-electron chi connectivity index (χ0n) is 16.2. The van der Waals surface area contributed by atoms with Crippen molar-refractivity contribution >= 4 is 30.9 Å². The zero-order chi connectivity index (χ0) is 21.6. The second-order valence-electron chi connectivity index (χ2n) is 7.17. The number of aryl methyl sites for hydroxylation is 1. The Hall–Kier alpha value is -1.98. The highest BCUT2D eigenvalue weighted by Gasteiger charge is 2.35. The molecule has 0 atom stereocenters. The van der Waals surface area contributed by atoms with Gasteiger partial charge in [0.2, 0.25) is 0 Å². The molecule has 0 aliphatic rings. The highest BCUT2D eigenvalue weighted by atomic mass is 35.5. The van der Waals surface area contributed by atoms with Crippen molar-refractivity contribution in [3.05, 3.63) is 66.2 Å². The third-order valence-corrected chi connectivity index (χ3v) is 6.85. The maximum Gasteiger partial charge on any atom is 0.431 e. The molecule has 2 aromatic rings. The molecule has 1 heterocycles. The van der Waals surface area contributed by atoms with Crippen LogP contribution in [-0.2, 0) is 13.2 Å². The van der Waals surface area contributed by atoms with Crippen LogP contribution in [0.5, 0.6) is 0 Å². The number of allylic oxidation sites excluding steroid dienone is 1. The molecule has 2 rings (SSSR count). The lowest BCUT2D eigenvalue weighted by Crippen LogP contribution is -2.41. The van der Waals surface area contributed by atoms with Gasteiger partial charge in [0.15, 0.2) is 0 Å². The summed E-state index contributed by atoms with van der Waals surface area (Å²) >= 11 is 6.31. The minimum atomic E-state index is -4.81. The number of hydrogen-bond donors (Lipinski definition) is 0. The predicted molar refractivity (Wildman–Crippen MR) is 112 cm³/mol. The van der Waals surface area contributed by atoms with Crippen LogP contribution in [0.2, 0.25) is 5.02 Å². The molecule has 0 fully saturated rings. The highest BCUT2D eigenvalue weighted by molar-refractivity contribution is 7.76. The molecular formula is C19H21ClF3N2O2P. The van der Waals surface area contributed by atoms with Gasteiger partial charge in [-0.1, -0.05) is 30.9 Å². The molecule has 4 nitrogen and oxygen atoms in total. The first-order valence-corrected chi connectivity index (χ1v) is 11.5. The lowest BCUT2D eigenvalue weighted by atomic mass is 10.1. The third kappa shape index (κ3) is 4.36. The lowest BCUT2D eigenvalue weighted by Gasteiger charge is -2.17.